The summed E-state index contributed by atoms with van der Waals surface area (Å²) in [5.74, 6) is 0. The van der Waals surface area contributed by atoms with Gasteiger partial charge in [0, 0.05) is 10.4 Å². The van der Waals surface area contributed by atoms with Crippen LogP contribution in [0.4, 0.5) is 0 Å². The molecule has 4 aromatic heterocycles. The Hall–Kier alpha value is -2.05. The zero-order chi connectivity index (χ0) is 12.7. The molecule has 0 aliphatic carbocycles. The molecule has 0 saturated carbocycles. The summed E-state index contributed by atoms with van der Waals surface area (Å²) in [6.07, 6.45) is 0. The van der Waals surface area contributed by atoms with Crippen LogP contribution >= 0.6 is 22.7 Å². The normalized spacial score (nSPS) is 11.2. The van der Waals surface area contributed by atoms with Gasteiger partial charge in [-0.3, -0.25) is 0 Å². The van der Waals surface area contributed by atoms with Crippen molar-refractivity contribution in [2.75, 3.05) is 0 Å². The number of hydrogen-bond donors (Lipinski definition) is 0. The van der Waals surface area contributed by atoms with E-state index in [0.29, 0.717) is 0 Å². The molecule has 0 radical (unpaired) electrons. The minimum Gasteiger partial charge on any atom is -0.191 e. The van der Waals surface area contributed by atoms with Gasteiger partial charge in [-0.1, -0.05) is 12.1 Å². The molecule has 4 aromatic rings. The SMILES string of the molecule is c1csc(-c2ccc(-c3cccs3)n3nnnc23)c1. The van der Waals surface area contributed by atoms with Crippen molar-refractivity contribution in [2.45, 2.75) is 0 Å². The quantitative estimate of drug-likeness (QED) is 0.565. The molecular formula is C13H8N4S2. The molecule has 0 saturated heterocycles. The van der Waals surface area contributed by atoms with Gasteiger partial charge in [-0.2, -0.15) is 4.52 Å². The molecule has 92 valence electrons. The summed E-state index contributed by atoms with van der Waals surface area (Å²) in [5.41, 5.74) is 2.89. The maximum absolute atomic E-state index is 4.16. The number of fused-ring (bicyclic) bond motifs is 1. The lowest BCUT2D eigenvalue weighted by molar-refractivity contribution is 0.829. The molecule has 0 aliphatic heterocycles. The highest BCUT2D eigenvalue weighted by Gasteiger charge is 2.13. The lowest BCUT2D eigenvalue weighted by atomic mass is 10.2. The third-order valence-corrected chi connectivity index (χ3v) is 4.70. The Morgan fingerprint density at radius 2 is 1.68 bits per heavy atom. The fourth-order valence-corrected chi connectivity index (χ4v) is 3.54. The van der Waals surface area contributed by atoms with E-state index in [1.807, 2.05) is 12.1 Å². The van der Waals surface area contributed by atoms with Crippen LogP contribution in [0.15, 0.2) is 47.2 Å². The second-order valence-electron chi connectivity index (χ2n) is 4.00. The third kappa shape index (κ3) is 1.68. The van der Waals surface area contributed by atoms with E-state index in [4.69, 9.17) is 0 Å². The Morgan fingerprint density at radius 3 is 2.42 bits per heavy atom. The maximum Gasteiger partial charge on any atom is 0.188 e. The lowest BCUT2D eigenvalue weighted by Crippen LogP contribution is -1.94. The average Bonchev–Trinajstić information content (AvgIpc) is 3.19. The molecule has 0 aromatic carbocycles. The second kappa shape index (κ2) is 4.25. The van der Waals surface area contributed by atoms with Crippen LogP contribution in [0.5, 0.6) is 0 Å². The number of hydrogen-bond acceptors (Lipinski definition) is 5. The van der Waals surface area contributed by atoms with E-state index in [1.165, 1.54) is 4.88 Å². The first-order valence-corrected chi connectivity index (χ1v) is 7.48. The number of pyridine rings is 1. The summed E-state index contributed by atoms with van der Waals surface area (Å²) < 4.78 is 1.81. The van der Waals surface area contributed by atoms with Gasteiger partial charge in [0.2, 0.25) is 0 Å². The summed E-state index contributed by atoms with van der Waals surface area (Å²) in [6.45, 7) is 0. The molecule has 0 bridgehead atoms. The molecular weight excluding hydrogens is 276 g/mol. The van der Waals surface area contributed by atoms with Gasteiger partial charge in [-0.15, -0.1) is 27.8 Å². The van der Waals surface area contributed by atoms with Gasteiger partial charge in [-0.25, -0.2) is 0 Å². The van der Waals surface area contributed by atoms with Crippen LogP contribution in [0.1, 0.15) is 0 Å². The number of tetrazole rings is 1. The Morgan fingerprint density at radius 1 is 0.895 bits per heavy atom. The number of rotatable bonds is 2. The van der Waals surface area contributed by atoms with Crippen LogP contribution in [0.2, 0.25) is 0 Å². The topological polar surface area (TPSA) is 43.1 Å². The second-order valence-corrected chi connectivity index (χ2v) is 5.90. The third-order valence-electron chi connectivity index (χ3n) is 2.91. The highest BCUT2D eigenvalue weighted by Crippen LogP contribution is 2.31. The Balaban J connectivity index is 2.01. The zero-order valence-electron chi connectivity index (χ0n) is 9.72. The van der Waals surface area contributed by atoms with Crippen molar-refractivity contribution >= 4 is 28.3 Å². The van der Waals surface area contributed by atoms with Crippen molar-refractivity contribution in [3.05, 3.63) is 47.2 Å². The van der Waals surface area contributed by atoms with Gasteiger partial charge in [0.25, 0.3) is 0 Å². The van der Waals surface area contributed by atoms with Crippen molar-refractivity contribution < 1.29 is 0 Å². The van der Waals surface area contributed by atoms with Crippen LogP contribution in [0.25, 0.3) is 26.7 Å². The van der Waals surface area contributed by atoms with Crippen LogP contribution in [-0.4, -0.2) is 20.0 Å². The van der Waals surface area contributed by atoms with E-state index in [9.17, 15) is 0 Å². The van der Waals surface area contributed by atoms with Crippen LogP contribution in [-0.2, 0) is 0 Å². The van der Waals surface area contributed by atoms with E-state index >= 15 is 0 Å². The number of nitrogens with zero attached hydrogens (tertiary/aromatic N) is 4. The molecule has 0 N–H and O–H groups in total. The van der Waals surface area contributed by atoms with E-state index < -0.39 is 0 Å². The summed E-state index contributed by atoms with van der Waals surface area (Å²) in [4.78, 5) is 2.34. The summed E-state index contributed by atoms with van der Waals surface area (Å²) >= 11 is 3.38. The number of thiophene rings is 2. The largest absolute Gasteiger partial charge is 0.191 e. The highest BCUT2D eigenvalue weighted by molar-refractivity contribution is 7.13. The summed E-state index contributed by atoms with van der Waals surface area (Å²) in [6, 6.07) is 12.4. The van der Waals surface area contributed by atoms with Crippen LogP contribution < -0.4 is 0 Å². The molecule has 0 amide bonds. The molecule has 0 atom stereocenters. The van der Waals surface area contributed by atoms with Crippen LogP contribution in [0, 0.1) is 0 Å². The lowest BCUT2D eigenvalue weighted by Gasteiger charge is -2.04. The predicted octanol–water partition coefficient (Wildman–Crippen LogP) is 3.58. The molecule has 0 unspecified atom stereocenters. The zero-order valence-corrected chi connectivity index (χ0v) is 11.4. The molecule has 4 heterocycles. The first-order chi connectivity index (χ1) is 9.43. The maximum atomic E-state index is 4.16. The highest BCUT2D eigenvalue weighted by atomic mass is 32.1. The molecule has 6 heteroatoms. The summed E-state index contributed by atoms with van der Waals surface area (Å²) in [7, 11) is 0. The molecule has 4 rings (SSSR count). The van der Waals surface area contributed by atoms with Gasteiger partial charge in [0.1, 0.15) is 0 Å². The van der Waals surface area contributed by atoms with E-state index in [2.05, 4.69) is 50.6 Å². The molecule has 19 heavy (non-hydrogen) atoms. The van der Waals surface area contributed by atoms with E-state index in [-0.39, 0.29) is 0 Å². The molecule has 0 fully saturated rings. The summed E-state index contributed by atoms with van der Waals surface area (Å²) in [5, 5.41) is 16.2. The predicted molar refractivity (Wildman–Crippen MR) is 77.4 cm³/mol. The fourth-order valence-electron chi connectivity index (χ4n) is 2.06. The first-order valence-electron chi connectivity index (χ1n) is 5.72. The Labute approximate surface area is 117 Å². The van der Waals surface area contributed by atoms with E-state index in [0.717, 1.165) is 21.8 Å². The standard InChI is InChI=1S/C13H8N4S2/c1-3-11(18-7-1)9-5-6-10(12-4-2-8-19-12)17-13(9)14-15-16-17/h1-8H. The van der Waals surface area contributed by atoms with Gasteiger partial charge in [0.15, 0.2) is 5.65 Å². The van der Waals surface area contributed by atoms with Gasteiger partial charge >= 0.3 is 0 Å². The van der Waals surface area contributed by atoms with Gasteiger partial charge in [-0.05, 0) is 45.5 Å². The smallest absolute Gasteiger partial charge is 0.188 e. The first kappa shape index (κ1) is 10.8. The van der Waals surface area contributed by atoms with Crippen LogP contribution in [0.3, 0.4) is 0 Å². The molecule has 0 spiro atoms. The Bertz CT molecular complexity index is 747. The van der Waals surface area contributed by atoms with Gasteiger partial charge in [0.05, 0.1) is 10.6 Å². The van der Waals surface area contributed by atoms with Crippen molar-refractivity contribution in [1.29, 1.82) is 0 Å². The average molecular weight is 284 g/mol. The molecule has 0 aliphatic rings. The van der Waals surface area contributed by atoms with Crippen molar-refractivity contribution in [3.8, 4) is 21.0 Å². The fraction of sp³-hybridized carbons (Fsp3) is 0. The van der Waals surface area contributed by atoms with E-state index in [1.54, 1.807) is 27.2 Å². The Kier molecular flexibility index (Phi) is 2.43. The minimum atomic E-state index is 0.799. The monoisotopic (exact) mass is 284 g/mol. The van der Waals surface area contributed by atoms with Crippen molar-refractivity contribution in [2.24, 2.45) is 0 Å². The van der Waals surface area contributed by atoms with Gasteiger partial charge < -0.3 is 0 Å². The minimum absolute atomic E-state index is 0.799. The van der Waals surface area contributed by atoms with Crippen molar-refractivity contribution in [1.82, 2.24) is 20.0 Å². The number of aromatic nitrogens is 4. The van der Waals surface area contributed by atoms with Crippen molar-refractivity contribution in [3.63, 3.8) is 0 Å². The molecule has 4 nitrogen and oxygen atoms in total.